The molecule has 0 aliphatic rings. The number of para-hydroxylation sites is 1. The minimum atomic E-state index is 0.554. The number of likely N-dealkylation sites (N-methyl/N-ethyl adjacent to an activating group) is 1. The summed E-state index contributed by atoms with van der Waals surface area (Å²) in [5.41, 5.74) is 1.30. The number of unbranched alkanes of at least 4 members (excludes halogenated alkanes) is 3. The Labute approximate surface area is 112 Å². The van der Waals surface area contributed by atoms with E-state index in [2.05, 4.69) is 31.4 Å². The summed E-state index contributed by atoms with van der Waals surface area (Å²) in [7, 11) is 3.80. The Morgan fingerprint density at radius 3 is 2.61 bits per heavy atom. The second-order valence-electron chi connectivity index (χ2n) is 4.85. The largest absolute Gasteiger partial charge is 0.496 e. The van der Waals surface area contributed by atoms with Crippen LogP contribution < -0.4 is 10.1 Å². The molecule has 0 radical (unpaired) electrons. The Morgan fingerprint density at radius 2 is 1.94 bits per heavy atom. The molecule has 0 aliphatic heterocycles. The van der Waals surface area contributed by atoms with Crippen molar-refractivity contribution in [2.24, 2.45) is 0 Å². The van der Waals surface area contributed by atoms with E-state index in [1.165, 1.54) is 37.7 Å². The van der Waals surface area contributed by atoms with Crippen LogP contribution in [-0.4, -0.2) is 20.2 Å². The lowest BCUT2D eigenvalue weighted by Gasteiger charge is -2.17. The maximum absolute atomic E-state index is 5.41. The molecule has 1 aromatic rings. The van der Waals surface area contributed by atoms with Crippen LogP contribution in [0.2, 0.25) is 0 Å². The van der Waals surface area contributed by atoms with Crippen molar-refractivity contribution in [1.29, 1.82) is 0 Å². The van der Waals surface area contributed by atoms with E-state index in [1.807, 2.05) is 12.1 Å². The van der Waals surface area contributed by atoms with E-state index in [0.717, 1.165) is 12.2 Å². The van der Waals surface area contributed by atoms with Gasteiger partial charge in [-0.1, -0.05) is 50.8 Å². The molecule has 0 saturated heterocycles. The van der Waals surface area contributed by atoms with Gasteiger partial charge in [0.25, 0.3) is 0 Å². The molecule has 0 aliphatic carbocycles. The lowest BCUT2D eigenvalue weighted by atomic mass is 9.99. The van der Waals surface area contributed by atoms with Crippen molar-refractivity contribution in [3.8, 4) is 5.75 Å². The molecule has 0 bridgehead atoms. The van der Waals surface area contributed by atoms with E-state index in [9.17, 15) is 0 Å². The Bertz CT molecular complexity index is 325. The molecule has 2 heteroatoms. The van der Waals surface area contributed by atoms with Gasteiger partial charge in [0.15, 0.2) is 0 Å². The summed E-state index contributed by atoms with van der Waals surface area (Å²) in [6.07, 6.45) is 7.61. The van der Waals surface area contributed by atoms with Crippen molar-refractivity contribution < 1.29 is 4.74 Å². The van der Waals surface area contributed by atoms with Crippen molar-refractivity contribution in [2.75, 3.05) is 14.2 Å². The van der Waals surface area contributed by atoms with Gasteiger partial charge in [-0.25, -0.2) is 0 Å². The highest BCUT2D eigenvalue weighted by molar-refractivity contribution is 5.33. The van der Waals surface area contributed by atoms with Gasteiger partial charge in [-0.05, 0) is 31.5 Å². The van der Waals surface area contributed by atoms with Crippen LogP contribution in [0.3, 0.4) is 0 Å². The summed E-state index contributed by atoms with van der Waals surface area (Å²) in [4.78, 5) is 0. The maximum atomic E-state index is 5.41. The highest BCUT2D eigenvalue weighted by Gasteiger charge is 2.10. The number of rotatable bonds is 9. The van der Waals surface area contributed by atoms with Crippen molar-refractivity contribution in [1.82, 2.24) is 5.32 Å². The predicted octanol–water partition coefficient (Wildman–Crippen LogP) is 3.80. The first-order valence-electron chi connectivity index (χ1n) is 7.11. The third-order valence-electron chi connectivity index (χ3n) is 3.47. The van der Waals surface area contributed by atoms with Crippen LogP contribution >= 0.6 is 0 Å². The van der Waals surface area contributed by atoms with E-state index in [-0.39, 0.29) is 0 Å². The van der Waals surface area contributed by atoms with Crippen LogP contribution in [0.4, 0.5) is 0 Å². The van der Waals surface area contributed by atoms with E-state index in [1.54, 1.807) is 7.11 Å². The van der Waals surface area contributed by atoms with Gasteiger partial charge >= 0.3 is 0 Å². The Morgan fingerprint density at radius 1 is 1.17 bits per heavy atom. The van der Waals surface area contributed by atoms with Gasteiger partial charge in [-0.2, -0.15) is 0 Å². The van der Waals surface area contributed by atoms with Crippen LogP contribution in [0.1, 0.15) is 44.6 Å². The van der Waals surface area contributed by atoms with Gasteiger partial charge in [0.05, 0.1) is 7.11 Å². The smallest absolute Gasteiger partial charge is 0.122 e. The maximum Gasteiger partial charge on any atom is 0.122 e. The molecular weight excluding hydrogens is 222 g/mol. The van der Waals surface area contributed by atoms with Crippen LogP contribution in [-0.2, 0) is 6.42 Å². The molecule has 1 unspecified atom stereocenters. The van der Waals surface area contributed by atoms with Gasteiger partial charge in [0.2, 0.25) is 0 Å². The number of hydrogen-bond acceptors (Lipinski definition) is 2. The Balaban J connectivity index is 2.46. The molecule has 2 nitrogen and oxygen atoms in total. The molecule has 0 saturated carbocycles. The first-order chi connectivity index (χ1) is 8.81. The third kappa shape index (κ3) is 5.09. The molecule has 102 valence electrons. The molecule has 1 rings (SSSR count). The number of nitrogens with one attached hydrogen (secondary N) is 1. The Hall–Kier alpha value is -1.02. The molecule has 1 aromatic carbocycles. The van der Waals surface area contributed by atoms with Gasteiger partial charge in [0, 0.05) is 6.04 Å². The fourth-order valence-electron chi connectivity index (χ4n) is 2.30. The number of ether oxygens (including phenoxy) is 1. The summed E-state index contributed by atoms with van der Waals surface area (Å²) in [6.45, 7) is 2.25. The van der Waals surface area contributed by atoms with Crippen molar-refractivity contribution in [2.45, 2.75) is 51.5 Å². The number of benzene rings is 1. The molecule has 0 amide bonds. The molecule has 0 fully saturated rings. The average molecular weight is 249 g/mol. The lowest BCUT2D eigenvalue weighted by molar-refractivity contribution is 0.403. The second-order valence-corrected chi connectivity index (χ2v) is 4.85. The summed E-state index contributed by atoms with van der Waals surface area (Å²) < 4.78 is 5.41. The van der Waals surface area contributed by atoms with Crippen molar-refractivity contribution in [3.63, 3.8) is 0 Å². The number of hydrogen-bond donors (Lipinski definition) is 1. The summed E-state index contributed by atoms with van der Waals surface area (Å²) >= 11 is 0. The monoisotopic (exact) mass is 249 g/mol. The topological polar surface area (TPSA) is 21.3 Å². The van der Waals surface area contributed by atoms with E-state index in [0.29, 0.717) is 6.04 Å². The van der Waals surface area contributed by atoms with Gasteiger partial charge < -0.3 is 10.1 Å². The zero-order valence-corrected chi connectivity index (χ0v) is 12.0. The zero-order chi connectivity index (χ0) is 13.2. The second kappa shape index (κ2) is 8.98. The SMILES string of the molecule is CCCCCCC(Cc1ccccc1OC)NC. The minimum absolute atomic E-state index is 0.554. The molecule has 1 N–H and O–H groups in total. The van der Waals surface area contributed by atoms with Gasteiger partial charge in [0.1, 0.15) is 5.75 Å². The summed E-state index contributed by atoms with van der Waals surface area (Å²) in [5.74, 6) is 1.01. The standard InChI is InChI=1S/C16H27NO/c1-4-5-6-7-11-15(17-2)13-14-10-8-9-12-16(14)18-3/h8-10,12,15,17H,4-7,11,13H2,1-3H3. The molecular formula is C16H27NO. The van der Waals surface area contributed by atoms with E-state index < -0.39 is 0 Å². The van der Waals surface area contributed by atoms with Gasteiger partial charge in [-0.3, -0.25) is 0 Å². The third-order valence-corrected chi connectivity index (χ3v) is 3.47. The van der Waals surface area contributed by atoms with Crippen LogP contribution in [0.15, 0.2) is 24.3 Å². The molecule has 1 atom stereocenters. The van der Waals surface area contributed by atoms with Crippen LogP contribution in [0.5, 0.6) is 5.75 Å². The quantitative estimate of drug-likeness (QED) is 0.672. The fourth-order valence-corrected chi connectivity index (χ4v) is 2.30. The minimum Gasteiger partial charge on any atom is -0.496 e. The molecule has 18 heavy (non-hydrogen) atoms. The van der Waals surface area contributed by atoms with E-state index >= 15 is 0 Å². The van der Waals surface area contributed by atoms with E-state index in [4.69, 9.17) is 4.74 Å². The van der Waals surface area contributed by atoms with Crippen molar-refractivity contribution >= 4 is 0 Å². The van der Waals surface area contributed by atoms with Gasteiger partial charge in [-0.15, -0.1) is 0 Å². The molecule has 0 heterocycles. The Kier molecular flexibility index (Phi) is 7.51. The highest BCUT2D eigenvalue weighted by atomic mass is 16.5. The van der Waals surface area contributed by atoms with Crippen molar-refractivity contribution in [3.05, 3.63) is 29.8 Å². The predicted molar refractivity (Wildman–Crippen MR) is 78.3 cm³/mol. The first kappa shape index (κ1) is 15.0. The average Bonchev–Trinajstić information content (AvgIpc) is 2.42. The fraction of sp³-hybridized carbons (Fsp3) is 0.625. The molecule has 0 aromatic heterocycles. The lowest BCUT2D eigenvalue weighted by Crippen LogP contribution is -2.27. The van der Waals surface area contributed by atoms with Crippen LogP contribution in [0.25, 0.3) is 0 Å². The van der Waals surface area contributed by atoms with Crippen LogP contribution in [0, 0.1) is 0 Å². The first-order valence-corrected chi connectivity index (χ1v) is 7.11. The zero-order valence-electron chi connectivity index (χ0n) is 12.0. The summed E-state index contributed by atoms with van der Waals surface area (Å²) in [5, 5.41) is 3.42. The summed E-state index contributed by atoms with van der Waals surface area (Å²) in [6, 6.07) is 8.87. The normalized spacial score (nSPS) is 12.4. The number of methoxy groups -OCH3 is 1. The molecule has 0 spiro atoms. The highest BCUT2D eigenvalue weighted by Crippen LogP contribution is 2.20.